The van der Waals surface area contributed by atoms with Crippen molar-refractivity contribution in [2.45, 2.75) is 32.4 Å². The zero-order chi connectivity index (χ0) is 15.5. The molecule has 0 amide bonds. The topological polar surface area (TPSA) is 45.1 Å². The lowest BCUT2D eigenvalue weighted by atomic mass is 10.1. The summed E-state index contributed by atoms with van der Waals surface area (Å²) in [6, 6.07) is 13.2. The van der Waals surface area contributed by atoms with E-state index in [0.29, 0.717) is 17.3 Å². The van der Waals surface area contributed by atoms with Gasteiger partial charge >= 0.3 is 0 Å². The maximum atomic E-state index is 10.3. The quantitative estimate of drug-likeness (QED) is 0.887. The highest BCUT2D eigenvalue weighted by atomic mass is 35.5. The van der Waals surface area contributed by atoms with Crippen LogP contribution in [-0.4, -0.2) is 22.2 Å². The van der Waals surface area contributed by atoms with Crippen LogP contribution in [0.1, 0.15) is 32.6 Å². The molecule has 0 spiro atoms. The molecule has 0 bridgehead atoms. The van der Waals surface area contributed by atoms with E-state index in [9.17, 15) is 5.11 Å². The number of aromatic nitrogens is 1. The van der Waals surface area contributed by atoms with Crippen LogP contribution in [0.3, 0.4) is 0 Å². The van der Waals surface area contributed by atoms with Crippen molar-refractivity contribution >= 4 is 25.1 Å². The lowest BCUT2D eigenvalue weighted by Gasteiger charge is -2.22. The van der Waals surface area contributed by atoms with Crippen molar-refractivity contribution < 1.29 is 5.11 Å². The summed E-state index contributed by atoms with van der Waals surface area (Å²) in [6.45, 7) is 6.67. The highest BCUT2D eigenvalue weighted by Crippen LogP contribution is 2.21. The molecule has 2 rings (SSSR count). The molecule has 1 aromatic heterocycles. The van der Waals surface area contributed by atoms with Crippen molar-refractivity contribution in [2.75, 3.05) is 6.54 Å². The van der Waals surface area contributed by atoms with E-state index in [1.54, 1.807) is 0 Å². The Morgan fingerprint density at radius 3 is 2.36 bits per heavy atom. The number of halogens is 1. The molecule has 0 saturated carbocycles. The fraction of sp³-hybridized carbons (Fsp3) is 0.353. The lowest BCUT2D eigenvalue weighted by molar-refractivity contribution is 0.159. The Morgan fingerprint density at radius 1 is 1.14 bits per heavy atom. The Balaban J connectivity index is 0.00000242. The molecular weight excluding hydrogens is 316 g/mol. The molecule has 2 N–H and O–H groups in total. The van der Waals surface area contributed by atoms with Crippen LogP contribution >= 0.6 is 25.1 Å². The van der Waals surface area contributed by atoms with Gasteiger partial charge in [-0.25, -0.2) is 0 Å². The van der Waals surface area contributed by atoms with Crippen molar-refractivity contribution in [1.29, 1.82) is 0 Å². The lowest BCUT2D eigenvalue weighted by Crippen LogP contribution is -2.38. The summed E-state index contributed by atoms with van der Waals surface area (Å²) in [4.78, 5) is 4.54. The maximum absolute atomic E-state index is 10.3. The predicted molar refractivity (Wildman–Crippen MR) is 97.8 cm³/mol. The van der Waals surface area contributed by atoms with Crippen molar-refractivity contribution in [3.63, 3.8) is 0 Å². The fourth-order valence-corrected chi connectivity index (χ4v) is 2.05. The van der Waals surface area contributed by atoms with E-state index in [0.717, 1.165) is 11.3 Å². The first-order valence-electron chi connectivity index (χ1n) is 7.01. The number of rotatable bonds is 4. The first-order chi connectivity index (χ1) is 9.85. The Kier molecular flexibility index (Phi) is 6.88. The summed E-state index contributed by atoms with van der Waals surface area (Å²) < 4.78 is 0. The summed E-state index contributed by atoms with van der Waals surface area (Å²) in [7, 11) is 0. The summed E-state index contributed by atoms with van der Waals surface area (Å²) >= 11 is 5.90. The van der Waals surface area contributed by atoms with E-state index in [1.165, 1.54) is 0 Å². The smallest absolute Gasteiger partial charge is 0.108 e. The SMILES string of the molecule is CC(C)(C)NC[C@H](O)c1cccc(-c2ccc(Cl)cc2)n1.S. The normalized spacial score (nSPS) is 12.6. The summed E-state index contributed by atoms with van der Waals surface area (Å²) in [5.41, 5.74) is 2.45. The molecule has 1 aromatic carbocycles. The first-order valence-corrected chi connectivity index (χ1v) is 7.39. The highest BCUT2D eigenvalue weighted by Gasteiger charge is 2.15. The predicted octanol–water partition coefficient (Wildman–Crippen LogP) is 3.94. The minimum absolute atomic E-state index is 0. The number of aliphatic hydroxyl groups excluding tert-OH is 1. The fourth-order valence-electron chi connectivity index (χ4n) is 1.93. The number of β-amino-alcohol motifs (C(OH)–C–C–N with tert-alkyl or cyclic N) is 1. The molecule has 0 fully saturated rings. The highest BCUT2D eigenvalue weighted by molar-refractivity contribution is 7.59. The van der Waals surface area contributed by atoms with Gasteiger partial charge < -0.3 is 10.4 Å². The largest absolute Gasteiger partial charge is 0.385 e. The number of pyridine rings is 1. The minimum Gasteiger partial charge on any atom is -0.385 e. The molecule has 0 saturated heterocycles. The Bertz CT molecular complexity index is 596. The second-order valence-electron chi connectivity index (χ2n) is 6.10. The van der Waals surface area contributed by atoms with Crippen molar-refractivity contribution in [3.05, 3.63) is 53.2 Å². The Hall–Kier alpha value is -1.07. The van der Waals surface area contributed by atoms with Gasteiger partial charge in [0.25, 0.3) is 0 Å². The van der Waals surface area contributed by atoms with Crippen LogP contribution in [0, 0.1) is 0 Å². The number of nitrogens with one attached hydrogen (secondary N) is 1. The van der Waals surface area contributed by atoms with Gasteiger partial charge in [0, 0.05) is 22.7 Å². The van der Waals surface area contributed by atoms with E-state index < -0.39 is 6.10 Å². The average molecular weight is 339 g/mol. The average Bonchev–Trinajstić information content (AvgIpc) is 2.45. The van der Waals surface area contributed by atoms with Gasteiger partial charge in [-0.2, -0.15) is 13.5 Å². The van der Waals surface area contributed by atoms with Gasteiger partial charge in [-0.05, 0) is 45.0 Å². The maximum Gasteiger partial charge on any atom is 0.108 e. The molecule has 2 aromatic rings. The van der Waals surface area contributed by atoms with Crippen LogP contribution in [0.2, 0.25) is 5.02 Å². The second-order valence-corrected chi connectivity index (χ2v) is 6.54. The number of benzene rings is 1. The molecule has 0 unspecified atom stereocenters. The van der Waals surface area contributed by atoms with Gasteiger partial charge in [-0.3, -0.25) is 4.98 Å². The third-order valence-corrected chi connectivity index (χ3v) is 3.33. The number of hydrogen-bond donors (Lipinski definition) is 2. The van der Waals surface area contributed by atoms with E-state index in [1.807, 2.05) is 42.5 Å². The van der Waals surface area contributed by atoms with Crippen LogP contribution in [0.25, 0.3) is 11.3 Å². The molecule has 0 aliphatic rings. The third-order valence-electron chi connectivity index (χ3n) is 3.08. The standard InChI is InChI=1S/C17H21ClN2O.H2S/c1-17(2,3)19-11-16(21)15-6-4-5-14(20-15)12-7-9-13(18)10-8-12;/h4-10,16,19,21H,11H2,1-3H3;1H2/t16-;/m0./s1. The Labute approximate surface area is 144 Å². The molecule has 1 atom stereocenters. The van der Waals surface area contributed by atoms with E-state index >= 15 is 0 Å². The minimum atomic E-state index is -0.628. The zero-order valence-corrected chi connectivity index (χ0v) is 14.9. The zero-order valence-electron chi connectivity index (χ0n) is 13.1. The van der Waals surface area contributed by atoms with E-state index in [-0.39, 0.29) is 19.0 Å². The van der Waals surface area contributed by atoms with Gasteiger partial charge in [0.15, 0.2) is 0 Å². The third kappa shape index (κ3) is 5.61. The molecule has 0 aliphatic heterocycles. The number of hydrogen-bond acceptors (Lipinski definition) is 3. The van der Waals surface area contributed by atoms with Crippen molar-refractivity contribution in [1.82, 2.24) is 10.3 Å². The number of aliphatic hydroxyl groups is 1. The molecule has 120 valence electrons. The molecular formula is C17H23ClN2OS. The molecule has 22 heavy (non-hydrogen) atoms. The second kappa shape index (κ2) is 7.97. The molecule has 1 heterocycles. The van der Waals surface area contributed by atoms with E-state index in [4.69, 9.17) is 11.6 Å². The van der Waals surface area contributed by atoms with Gasteiger partial charge in [0.05, 0.1) is 11.4 Å². The molecule has 5 heteroatoms. The van der Waals surface area contributed by atoms with Crippen LogP contribution in [0.15, 0.2) is 42.5 Å². The Morgan fingerprint density at radius 2 is 1.77 bits per heavy atom. The van der Waals surface area contributed by atoms with Crippen molar-refractivity contribution in [3.8, 4) is 11.3 Å². The van der Waals surface area contributed by atoms with Crippen LogP contribution in [-0.2, 0) is 0 Å². The molecule has 3 nitrogen and oxygen atoms in total. The van der Waals surface area contributed by atoms with Gasteiger partial charge in [-0.1, -0.05) is 29.8 Å². The monoisotopic (exact) mass is 338 g/mol. The van der Waals surface area contributed by atoms with Crippen molar-refractivity contribution in [2.24, 2.45) is 0 Å². The van der Waals surface area contributed by atoms with E-state index in [2.05, 4.69) is 31.1 Å². The summed E-state index contributed by atoms with van der Waals surface area (Å²) in [6.07, 6.45) is -0.628. The number of nitrogens with zero attached hydrogens (tertiary/aromatic N) is 1. The summed E-state index contributed by atoms with van der Waals surface area (Å²) in [5.74, 6) is 0. The molecule has 0 radical (unpaired) electrons. The van der Waals surface area contributed by atoms with Gasteiger partial charge in [0.2, 0.25) is 0 Å². The first kappa shape index (κ1) is 19.0. The van der Waals surface area contributed by atoms with Gasteiger partial charge in [0.1, 0.15) is 6.10 Å². The molecule has 0 aliphatic carbocycles. The summed E-state index contributed by atoms with van der Waals surface area (Å²) in [5, 5.41) is 14.2. The van der Waals surface area contributed by atoms with Crippen LogP contribution in [0.5, 0.6) is 0 Å². The van der Waals surface area contributed by atoms with Crippen LogP contribution in [0.4, 0.5) is 0 Å². The van der Waals surface area contributed by atoms with Crippen LogP contribution < -0.4 is 5.32 Å². The van der Waals surface area contributed by atoms with Gasteiger partial charge in [-0.15, -0.1) is 0 Å².